The van der Waals surface area contributed by atoms with Gasteiger partial charge in [-0.3, -0.25) is 0 Å². The molecule has 0 aromatic rings. The smallest absolute Gasteiger partial charge is 0.00264 e. The van der Waals surface area contributed by atoms with Gasteiger partial charge in [0.1, 0.15) is 0 Å². The third-order valence-corrected chi connectivity index (χ3v) is 5.00. The van der Waals surface area contributed by atoms with Crippen molar-refractivity contribution in [1.82, 2.24) is 0 Å². The molecular weight excluding hydrogens is 247 g/mol. The van der Waals surface area contributed by atoms with E-state index in [9.17, 15) is 0 Å². The van der Waals surface area contributed by atoms with Crippen molar-refractivity contribution in [3.8, 4) is 0 Å². The summed E-state index contributed by atoms with van der Waals surface area (Å²) in [6.45, 7) is 2.37. The van der Waals surface area contributed by atoms with Gasteiger partial charge in [-0.25, -0.2) is 0 Å². The maximum Gasteiger partial charge on any atom is 0.00264 e. The number of alkyl halides is 1. The average Bonchev–Trinajstić information content (AvgIpc) is 2.60. The highest BCUT2D eigenvalue weighted by molar-refractivity contribution is 14.1. The molecule has 2 fully saturated rings. The minimum Gasteiger partial charge on any atom is -0.0861 e. The summed E-state index contributed by atoms with van der Waals surface area (Å²) in [5, 5.41) is 0. The van der Waals surface area contributed by atoms with Crippen LogP contribution in [0, 0.1) is 23.7 Å². The number of hydrogen-bond acceptors (Lipinski definition) is 0. The molecule has 2 bridgehead atoms. The number of fused-ring (bicyclic) bond motifs is 2. The lowest BCUT2D eigenvalue weighted by molar-refractivity contribution is 0.271. The van der Waals surface area contributed by atoms with Crippen molar-refractivity contribution in [3.63, 3.8) is 0 Å². The van der Waals surface area contributed by atoms with Crippen molar-refractivity contribution in [3.05, 3.63) is 0 Å². The van der Waals surface area contributed by atoms with Crippen LogP contribution in [0.25, 0.3) is 0 Å². The van der Waals surface area contributed by atoms with Crippen LogP contribution < -0.4 is 0 Å². The second kappa shape index (κ2) is 3.23. The first-order chi connectivity index (χ1) is 5.35. The number of halogens is 1. The van der Waals surface area contributed by atoms with Crippen LogP contribution in [0.5, 0.6) is 0 Å². The average molecular weight is 264 g/mol. The molecule has 4 unspecified atom stereocenters. The van der Waals surface area contributed by atoms with E-state index in [2.05, 4.69) is 29.5 Å². The molecule has 0 spiro atoms. The molecule has 0 aromatic heterocycles. The van der Waals surface area contributed by atoms with Gasteiger partial charge in [0.2, 0.25) is 0 Å². The minimum absolute atomic E-state index is 1.10. The van der Waals surface area contributed by atoms with Crippen LogP contribution in [0.2, 0.25) is 0 Å². The summed E-state index contributed by atoms with van der Waals surface area (Å²) >= 11 is 2.57. The Bertz CT molecular complexity index is 128. The van der Waals surface area contributed by atoms with Gasteiger partial charge in [-0.05, 0) is 42.9 Å². The van der Waals surface area contributed by atoms with Gasteiger partial charge >= 0.3 is 0 Å². The van der Waals surface area contributed by atoms with Crippen molar-refractivity contribution >= 4 is 22.6 Å². The van der Waals surface area contributed by atoms with Crippen LogP contribution in [0.4, 0.5) is 0 Å². The monoisotopic (exact) mass is 264 g/mol. The van der Waals surface area contributed by atoms with Crippen LogP contribution in [-0.2, 0) is 0 Å². The minimum atomic E-state index is 1.10. The Morgan fingerprint density at radius 3 is 2.18 bits per heavy atom. The molecule has 2 aliphatic carbocycles. The quantitative estimate of drug-likeness (QED) is 0.529. The van der Waals surface area contributed by atoms with E-state index < -0.39 is 0 Å². The topological polar surface area (TPSA) is 0 Å². The highest BCUT2D eigenvalue weighted by Crippen LogP contribution is 2.53. The van der Waals surface area contributed by atoms with E-state index >= 15 is 0 Å². The fourth-order valence-electron chi connectivity index (χ4n) is 3.20. The van der Waals surface area contributed by atoms with E-state index in [1.807, 2.05) is 0 Å². The molecule has 0 heterocycles. The molecule has 2 rings (SSSR count). The van der Waals surface area contributed by atoms with Crippen LogP contribution in [0.3, 0.4) is 0 Å². The zero-order chi connectivity index (χ0) is 7.84. The maximum absolute atomic E-state index is 2.57. The van der Waals surface area contributed by atoms with Gasteiger partial charge in [0, 0.05) is 4.43 Å². The van der Waals surface area contributed by atoms with E-state index in [0.717, 1.165) is 23.7 Å². The Labute approximate surface area is 83.3 Å². The van der Waals surface area contributed by atoms with E-state index in [-0.39, 0.29) is 0 Å². The van der Waals surface area contributed by atoms with Crippen molar-refractivity contribution in [1.29, 1.82) is 0 Å². The second-order valence-electron chi connectivity index (χ2n) is 4.31. The highest BCUT2D eigenvalue weighted by Gasteiger charge is 2.43. The molecule has 2 saturated carbocycles. The molecule has 0 radical (unpaired) electrons. The summed E-state index contributed by atoms with van der Waals surface area (Å²) in [6, 6.07) is 0. The summed E-state index contributed by atoms with van der Waals surface area (Å²) in [5.41, 5.74) is 0. The van der Waals surface area contributed by atoms with E-state index in [1.54, 1.807) is 19.3 Å². The lowest BCUT2D eigenvalue weighted by atomic mass is 9.82. The van der Waals surface area contributed by atoms with Gasteiger partial charge in [0.15, 0.2) is 0 Å². The van der Waals surface area contributed by atoms with Crippen molar-refractivity contribution in [2.24, 2.45) is 23.7 Å². The zero-order valence-corrected chi connectivity index (χ0v) is 9.38. The van der Waals surface area contributed by atoms with Gasteiger partial charge in [0.05, 0.1) is 0 Å². The van der Waals surface area contributed by atoms with Gasteiger partial charge < -0.3 is 0 Å². The van der Waals surface area contributed by atoms with Crippen LogP contribution in [-0.4, -0.2) is 4.43 Å². The Balaban J connectivity index is 1.97. The predicted octanol–water partition coefficient (Wildman–Crippen LogP) is 3.49. The normalized spacial score (nSPS) is 48.5. The molecule has 0 N–H and O–H groups in total. The van der Waals surface area contributed by atoms with Gasteiger partial charge in [-0.15, -0.1) is 0 Å². The van der Waals surface area contributed by atoms with Crippen LogP contribution in [0.15, 0.2) is 0 Å². The SMILES string of the molecule is CCC1CC2CC1CC2CI. The first-order valence-electron chi connectivity index (χ1n) is 4.91. The van der Waals surface area contributed by atoms with E-state index in [1.165, 1.54) is 10.8 Å². The number of rotatable bonds is 2. The fourth-order valence-corrected chi connectivity index (χ4v) is 4.28. The number of hydrogen-bond donors (Lipinski definition) is 0. The molecule has 4 atom stereocenters. The Hall–Kier alpha value is 0.730. The first-order valence-corrected chi connectivity index (χ1v) is 6.43. The summed E-state index contributed by atoms with van der Waals surface area (Å²) in [4.78, 5) is 0. The molecule has 0 aromatic carbocycles. The van der Waals surface area contributed by atoms with Crippen molar-refractivity contribution in [2.75, 3.05) is 4.43 Å². The summed E-state index contributed by atoms with van der Waals surface area (Å²) in [7, 11) is 0. The molecule has 2 aliphatic rings. The molecule has 64 valence electrons. The molecule has 0 nitrogen and oxygen atoms in total. The predicted molar refractivity (Wildman–Crippen MR) is 57.0 cm³/mol. The van der Waals surface area contributed by atoms with Crippen LogP contribution in [0.1, 0.15) is 32.6 Å². The van der Waals surface area contributed by atoms with Crippen molar-refractivity contribution < 1.29 is 0 Å². The molecule has 0 amide bonds. The lowest BCUT2D eigenvalue weighted by Gasteiger charge is -2.25. The summed E-state index contributed by atoms with van der Waals surface area (Å²) < 4.78 is 1.41. The third-order valence-electron chi connectivity index (χ3n) is 3.87. The van der Waals surface area contributed by atoms with Gasteiger partial charge in [-0.1, -0.05) is 35.9 Å². The first kappa shape index (κ1) is 8.33. The Morgan fingerprint density at radius 1 is 1.09 bits per heavy atom. The van der Waals surface area contributed by atoms with E-state index in [4.69, 9.17) is 0 Å². The lowest BCUT2D eigenvalue weighted by Crippen LogP contribution is -2.17. The Kier molecular flexibility index (Phi) is 2.45. The second-order valence-corrected chi connectivity index (χ2v) is 5.19. The third kappa shape index (κ3) is 1.34. The molecule has 0 saturated heterocycles. The van der Waals surface area contributed by atoms with Crippen LogP contribution >= 0.6 is 22.6 Å². The van der Waals surface area contributed by atoms with E-state index in [0.29, 0.717) is 0 Å². The standard InChI is InChI=1S/C10H17I/c1-2-7-3-9-4-8(7)5-10(9)6-11/h7-10H,2-6H2,1H3. The molecular formula is C10H17I. The largest absolute Gasteiger partial charge is 0.0861 e. The zero-order valence-electron chi connectivity index (χ0n) is 7.22. The van der Waals surface area contributed by atoms with Crippen molar-refractivity contribution in [2.45, 2.75) is 32.6 Å². The summed E-state index contributed by atoms with van der Waals surface area (Å²) in [6.07, 6.45) is 6.14. The fraction of sp³-hybridized carbons (Fsp3) is 1.00. The maximum atomic E-state index is 2.57. The molecule has 1 heteroatoms. The molecule has 0 aliphatic heterocycles. The highest BCUT2D eigenvalue weighted by atomic mass is 127. The molecule has 11 heavy (non-hydrogen) atoms. The van der Waals surface area contributed by atoms with Gasteiger partial charge in [0.25, 0.3) is 0 Å². The summed E-state index contributed by atoms with van der Waals surface area (Å²) in [5.74, 6) is 4.47. The Morgan fingerprint density at radius 2 is 1.73 bits per heavy atom. The van der Waals surface area contributed by atoms with Gasteiger partial charge in [-0.2, -0.15) is 0 Å².